The smallest absolute Gasteiger partial charge is 0.137 e. The van der Waals surface area contributed by atoms with Crippen LogP contribution in [-0.4, -0.2) is 6.54 Å². The van der Waals surface area contributed by atoms with E-state index in [-0.39, 0.29) is 0 Å². The Balaban J connectivity index is 2.44. The predicted octanol–water partition coefficient (Wildman–Crippen LogP) is 3.22. The van der Waals surface area contributed by atoms with Crippen LogP contribution < -0.4 is 5.73 Å². The molecule has 0 amide bonds. The van der Waals surface area contributed by atoms with Crippen molar-refractivity contribution in [2.24, 2.45) is 11.7 Å². The standard InChI is InChI=1S/C12H14ClNO/c1-8(7-14)4-10-6-11(13)5-9-2-3-15-12(9)10/h2-3,5-6,8H,4,7,14H2,1H3. The molecule has 1 heterocycles. The SMILES string of the molecule is CC(CN)Cc1cc(Cl)cc2ccoc12. The number of hydrogen-bond donors (Lipinski definition) is 1. The van der Waals surface area contributed by atoms with Gasteiger partial charge >= 0.3 is 0 Å². The lowest BCUT2D eigenvalue weighted by Gasteiger charge is -2.09. The first-order chi connectivity index (χ1) is 7.20. The highest BCUT2D eigenvalue weighted by molar-refractivity contribution is 6.31. The molecule has 0 aliphatic rings. The van der Waals surface area contributed by atoms with Gasteiger partial charge in [-0.25, -0.2) is 0 Å². The lowest BCUT2D eigenvalue weighted by atomic mass is 10.00. The van der Waals surface area contributed by atoms with Crippen molar-refractivity contribution in [3.63, 3.8) is 0 Å². The second-order valence-corrected chi connectivity index (χ2v) is 4.39. The maximum atomic E-state index is 6.03. The van der Waals surface area contributed by atoms with Gasteiger partial charge in [0.05, 0.1) is 6.26 Å². The minimum atomic E-state index is 0.441. The summed E-state index contributed by atoms with van der Waals surface area (Å²) in [6.07, 6.45) is 2.60. The van der Waals surface area contributed by atoms with Crippen LogP contribution in [0.5, 0.6) is 0 Å². The molecule has 0 fully saturated rings. The highest BCUT2D eigenvalue weighted by Crippen LogP contribution is 2.26. The first-order valence-corrected chi connectivity index (χ1v) is 5.44. The van der Waals surface area contributed by atoms with Gasteiger partial charge in [0.15, 0.2) is 0 Å². The molecule has 80 valence electrons. The van der Waals surface area contributed by atoms with E-state index in [9.17, 15) is 0 Å². The predicted molar refractivity (Wildman–Crippen MR) is 63.1 cm³/mol. The van der Waals surface area contributed by atoms with Gasteiger partial charge in [0.2, 0.25) is 0 Å². The minimum absolute atomic E-state index is 0.441. The Bertz CT molecular complexity index is 464. The number of furan rings is 1. The molecule has 1 aromatic heterocycles. The number of benzene rings is 1. The summed E-state index contributed by atoms with van der Waals surface area (Å²) in [4.78, 5) is 0. The number of nitrogens with two attached hydrogens (primary N) is 1. The average Bonchev–Trinajstić information content (AvgIpc) is 2.65. The molecular weight excluding hydrogens is 210 g/mol. The van der Waals surface area contributed by atoms with Gasteiger partial charge in [-0.05, 0) is 42.6 Å². The molecule has 1 aromatic carbocycles. The zero-order valence-electron chi connectivity index (χ0n) is 8.66. The van der Waals surface area contributed by atoms with Crippen molar-refractivity contribution in [2.75, 3.05) is 6.54 Å². The largest absolute Gasteiger partial charge is 0.464 e. The fourth-order valence-corrected chi connectivity index (χ4v) is 1.98. The monoisotopic (exact) mass is 223 g/mol. The van der Waals surface area contributed by atoms with Gasteiger partial charge in [-0.1, -0.05) is 18.5 Å². The molecular formula is C12H14ClNO. The van der Waals surface area contributed by atoms with Crippen molar-refractivity contribution in [1.29, 1.82) is 0 Å². The molecule has 2 rings (SSSR count). The van der Waals surface area contributed by atoms with Crippen LogP contribution in [0.25, 0.3) is 11.0 Å². The van der Waals surface area contributed by atoms with Gasteiger partial charge in [-0.3, -0.25) is 0 Å². The summed E-state index contributed by atoms with van der Waals surface area (Å²) in [5.74, 6) is 0.441. The van der Waals surface area contributed by atoms with Crippen LogP contribution in [0.2, 0.25) is 5.02 Å². The molecule has 3 heteroatoms. The molecule has 1 unspecified atom stereocenters. The lowest BCUT2D eigenvalue weighted by molar-refractivity contribution is 0.574. The van der Waals surface area contributed by atoms with E-state index in [0.29, 0.717) is 12.5 Å². The zero-order chi connectivity index (χ0) is 10.8. The van der Waals surface area contributed by atoms with Gasteiger partial charge in [0.25, 0.3) is 0 Å². The van der Waals surface area contributed by atoms with E-state index in [1.54, 1.807) is 6.26 Å². The Kier molecular flexibility index (Phi) is 2.98. The number of fused-ring (bicyclic) bond motifs is 1. The Morgan fingerprint density at radius 2 is 2.27 bits per heavy atom. The Morgan fingerprint density at radius 1 is 1.47 bits per heavy atom. The molecule has 0 saturated carbocycles. The molecule has 1 atom stereocenters. The van der Waals surface area contributed by atoms with Crippen molar-refractivity contribution in [1.82, 2.24) is 0 Å². The molecule has 2 nitrogen and oxygen atoms in total. The summed E-state index contributed by atoms with van der Waals surface area (Å²) < 4.78 is 5.45. The Hall–Kier alpha value is -0.990. The van der Waals surface area contributed by atoms with Gasteiger partial charge in [-0.2, -0.15) is 0 Å². The quantitative estimate of drug-likeness (QED) is 0.868. The van der Waals surface area contributed by atoms with Crippen LogP contribution in [0, 0.1) is 5.92 Å². The summed E-state index contributed by atoms with van der Waals surface area (Å²) in [6, 6.07) is 5.80. The van der Waals surface area contributed by atoms with Crippen LogP contribution in [0.3, 0.4) is 0 Å². The van der Waals surface area contributed by atoms with E-state index in [1.807, 2.05) is 18.2 Å². The van der Waals surface area contributed by atoms with Gasteiger partial charge in [0, 0.05) is 10.4 Å². The number of hydrogen-bond acceptors (Lipinski definition) is 2. The van der Waals surface area contributed by atoms with Crippen molar-refractivity contribution in [3.8, 4) is 0 Å². The van der Waals surface area contributed by atoms with Crippen LogP contribution >= 0.6 is 11.6 Å². The molecule has 15 heavy (non-hydrogen) atoms. The molecule has 0 bridgehead atoms. The summed E-state index contributed by atoms with van der Waals surface area (Å²) in [6.45, 7) is 2.80. The first kappa shape index (κ1) is 10.5. The fourth-order valence-electron chi connectivity index (χ4n) is 1.73. The molecule has 0 spiro atoms. The highest BCUT2D eigenvalue weighted by atomic mass is 35.5. The average molecular weight is 224 g/mol. The third-order valence-electron chi connectivity index (χ3n) is 2.56. The van der Waals surface area contributed by atoms with E-state index in [1.165, 1.54) is 0 Å². The maximum absolute atomic E-state index is 6.03. The van der Waals surface area contributed by atoms with E-state index < -0.39 is 0 Å². The minimum Gasteiger partial charge on any atom is -0.464 e. The second-order valence-electron chi connectivity index (χ2n) is 3.95. The van der Waals surface area contributed by atoms with Crippen LogP contribution in [0.4, 0.5) is 0 Å². The lowest BCUT2D eigenvalue weighted by Crippen LogP contribution is -2.13. The van der Waals surface area contributed by atoms with Crippen LogP contribution in [0.1, 0.15) is 12.5 Å². The van der Waals surface area contributed by atoms with Crippen molar-refractivity contribution in [3.05, 3.63) is 35.0 Å². The number of halogens is 1. The second kappa shape index (κ2) is 4.25. The Morgan fingerprint density at radius 3 is 3.00 bits per heavy atom. The van der Waals surface area contributed by atoms with E-state index >= 15 is 0 Å². The van der Waals surface area contributed by atoms with Gasteiger partial charge < -0.3 is 10.2 Å². The first-order valence-electron chi connectivity index (χ1n) is 5.06. The molecule has 0 aliphatic carbocycles. The Labute approximate surface area is 94.0 Å². The topological polar surface area (TPSA) is 39.2 Å². The summed E-state index contributed by atoms with van der Waals surface area (Å²) in [5.41, 5.74) is 7.68. The van der Waals surface area contributed by atoms with E-state index in [0.717, 1.165) is 28.0 Å². The molecule has 0 saturated heterocycles. The third-order valence-corrected chi connectivity index (χ3v) is 2.78. The van der Waals surface area contributed by atoms with Crippen molar-refractivity contribution >= 4 is 22.6 Å². The summed E-state index contributed by atoms with van der Waals surface area (Å²) in [7, 11) is 0. The van der Waals surface area contributed by atoms with Gasteiger partial charge in [0.1, 0.15) is 5.58 Å². The molecule has 0 radical (unpaired) electrons. The maximum Gasteiger partial charge on any atom is 0.137 e. The normalized spacial score (nSPS) is 13.3. The molecule has 2 aromatic rings. The fraction of sp³-hybridized carbons (Fsp3) is 0.333. The van der Waals surface area contributed by atoms with Gasteiger partial charge in [-0.15, -0.1) is 0 Å². The highest BCUT2D eigenvalue weighted by Gasteiger charge is 2.09. The molecule has 2 N–H and O–H groups in total. The van der Waals surface area contributed by atoms with Crippen molar-refractivity contribution < 1.29 is 4.42 Å². The summed E-state index contributed by atoms with van der Waals surface area (Å²) >= 11 is 6.03. The zero-order valence-corrected chi connectivity index (χ0v) is 9.42. The third kappa shape index (κ3) is 2.16. The van der Waals surface area contributed by atoms with E-state index in [4.69, 9.17) is 21.8 Å². The van der Waals surface area contributed by atoms with Crippen LogP contribution in [-0.2, 0) is 6.42 Å². The summed E-state index contributed by atoms with van der Waals surface area (Å²) in [5, 5.41) is 1.81. The number of rotatable bonds is 3. The van der Waals surface area contributed by atoms with Crippen LogP contribution in [0.15, 0.2) is 28.9 Å². The van der Waals surface area contributed by atoms with E-state index in [2.05, 4.69) is 6.92 Å². The molecule has 0 aliphatic heterocycles. The van der Waals surface area contributed by atoms with Crippen molar-refractivity contribution in [2.45, 2.75) is 13.3 Å².